The summed E-state index contributed by atoms with van der Waals surface area (Å²) in [5, 5.41) is 3.21. The number of carbonyl (C=O) groups is 2. The Kier molecular flexibility index (Phi) is 9.18. The van der Waals surface area contributed by atoms with Crippen molar-refractivity contribution in [2.24, 2.45) is 0 Å². The van der Waals surface area contributed by atoms with E-state index in [1.165, 1.54) is 17.8 Å². The summed E-state index contributed by atoms with van der Waals surface area (Å²) in [5.74, 6) is -0.363. The predicted molar refractivity (Wildman–Crippen MR) is 122 cm³/mol. The number of nitrogens with zero attached hydrogens (tertiary/aromatic N) is 1. The standard InChI is InChI=1S/C23H28ClFN2O2S/c1-15(2)26-23(29)17(4)27(12-18-9-6-5-8-16(18)3)22(28)14-30-13-19-20(24)10-7-11-21(19)25/h5-11,15,17H,12-14H2,1-4H3,(H,26,29)/t17-/m0/s1. The van der Waals surface area contributed by atoms with Crippen LogP contribution in [0.3, 0.4) is 0 Å². The van der Waals surface area contributed by atoms with Gasteiger partial charge in [-0.3, -0.25) is 9.59 Å². The highest BCUT2D eigenvalue weighted by Gasteiger charge is 2.26. The van der Waals surface area contributed by atoms with Gasteiger partial charge >= 0.3 is 0 Å². The zero-order valence-corrected chi connectivity index (χ0v) is 19.3. The molecule has 2 aromatic carbocycles. The summed E-state index contributed by atoms with van der Waals surface area (Å²) in [7, 11) is 0. The quantitative estimate of drug-likeness (QED) is 0.587. The van der Waals surface area contributed by atoms with Gasteiger partial charge in [-0.05, 0) is 51.0 Å². The molecule has 0 heterocycles. The van der Waals surface area contributed by atoms with Crippen LogP contribution in [0.5, 0.6) is 0 Å². The summed E-state index contributed by atoms with van der Waals surface area (Å²) in [5.41, 5.74) is 2.42. The van der Waals surface area contributed by atoms with Crippen LogP contribution in [0.4, 0.5) is 4.39 Å². The van der Waals surface area contributed by atoms with Gasteiger partial charge in [0, 0.05) is 28.9 Å². The number of thioether (sulfide) groups is 1. The van der Waals surface area contributed by atoms with Gasteiger partial charge in [-0.2, -0.15) is 0 Å². The molecule has 4 nitrogen and oxygen atoms in total. The van der Waals surface area contributed by atoms with Crippen LogP contribution in [0.2, 0.25) is 5.02 Å². The van der Waals surface area contributed by atoms with E-state index >= 15 is 0 Å². The summed E-state index contributed by atoms with van der Waals surface area (Å²) < 4.78 is 14.0. The number of rotatable bonds is 9. The molecule has 0 radical (unpaired) electrons. The van der Waals surface area contributed by atoms with Crippen molar-refractivity contribution in [1.82, 2.24) is 10.2 Å². The topological polar surface area (TPSA) is 49.4 Å². The summed E-state index contributed by atoms with van der Waals surface area (Å²) >= 11 is 7.35. The van der Waals surface area contributed by atoms with Crippen molar-refractivity contribution >= 4 is 35.2 Å². The Hall–Kier alpha value is -2.05. The summed E-state index contributed by atoms with van der Waals surface area (Å²) in [6.45, 7) is 7.80. The maximum Gasteiger partial charge on any atom is 0.242 e. The first-order chi connectivity index (χ1) is 14.2. The van der Waals surface area contributed by atoms with Crippen molar-refractivity contribution < 1.29 is 14.0 Å². The smallest absolute Gasteiger partial charge is 0.242 e. The highest BCUT2D eigenvalue weighted by Crippen LogP contribution is 2.24. The lowest BCUT2D eigenvalue weighted by Gasteiger charge is -2.30. The lowest BCUT2D eigenvalue weighted by molar-refractivity contribution is -0.138. The Balaban J connectivity index is 2.13. The third kappa shape index (κ3) is 6.74. The van der Waals surface area contributed by atoms with Crippen LogP contribution in [-0.4, -0.2) is 34.6 Å². The fourth-order valence-corrected chi connectivity index (χ4v) is 4.20. The van der Waals surface area contributed by atoms with E-state index in [0.29, 0.717) is 17.1 Å². The molecule has 2 amide bonds. The van der Waals surface area contributed by atoms with E-state index < -0.39 is 6.04 Å². The third-order valence-electron chi connectivity index (χ3n) is 4.73. The molecule has 0 saturated carbocycles. The molecule has 0 aromatic heterocycles. The average molecular weight is 451 g/mol. The van der Waals surface area contributed by atoms with Gasteiger partial charge in [-0.25, -0.2) is 4.39 Å². The van der Waals surface area contributed by atoms with E-state index in [2.05, 4.69) is 5.32 Å². The maximum atomic E-state index is 14.0. The van der Waals surface area contributed by atoms with Crippen LogP contribution < -0.4 is 5.32 Å². The van der Waals surface area contributed by atoms with Crippen molar-refractivity contribution in [2.45, 2.75) is 52.1 Å². The number of aryl methyl sites for hydroxylation is 1. The molecule has 162 valence electrons. The molecule has 0 fully saturated rings. The fraction of sp³-hybridized carbons (Fsp3) is 0.391. The molecular weight excluding hydrogens is 423 g/mol. The van der Waals surface area contributed by atoms with E-state index in [9.17, 15) is 14.0 Å². The molecule has 0 aliphatic rings. The number of nitrogens with one attached hydrogen (secondary N) is 1. The van der Waals surface area contributed by atoms with Crippen molar-refractivity contribution in [2.75, 3.05) is 5.75 Å². The highest BCUT2D eigenvalue weighted by atomic mass is 35.5. The summed E-state index contributed by atoms with van der Waals surface area (Å²) in [6, 6.07) is 11.7. The Morgan fingerprint density at radius 2 is 1.83 bits per heavy atom. The fourth-order valence-electron chi connectivity index (χ4n) is 2.95. The lowest BCUT2D eigenvalue weighted by atomic mass is 10.1. The SMILES string of the molecule is Cc1ccccc1CN(C(=O)CSCc1c(F)cccc1Cl)[C@@H](C)C(=O)NC(C)C. The zero-order valence-electron chi connectivity index (χ0n) is 17.7. The van der Waals surface area contributed by atoms with Gasteiger partial charge in [0.1, 0.15) is 11.9 Å². The number of halogens is 2. The molecule has 2 aromatic rings. The molecule has 0 bridgehead atoms. The second-order valence-electron chi connectivity index (χ2n) is 7.48. The molecule has 7 heteroatoms. The van der Waals surface area contributed by atoms with E-state index in [-0.39, 0.29) is 35.2 Å². The maximum absolute atomic E-state index is 14.0. The second kappa shape index (κ2) is 11.4. The Morgan fingerprint density at radius 1 is 1.13 bits per heavy atom. The average Bonchev–Trinajstić information content (AvgIpc) is 2.68. The molecule has 0 spiro atoms. The number of amides is 2. The lowest BCUT2D eigenvalue weighted by Crippen LogP contribution is -2.49. The van der Waals surface area contributed by atoms with Crippen LogP contribution in [0, 0.1) is 12.7 Å². The first-order valence-corrected chi connectivity index (χ1v) is 11.4. The van der Waals surface area contributed by atoms with E-state index in [4.69, 9.17) is 11.6 Å². The van der Waals surface area contributed by atoms with Crippen LogP contribution >= 0.6 is 23.4 Å². The second-order valence-corrected chi connectivity index (χ2v) is 8.87. The Morgan fingerprint density at radius 3 is 2.47 bits per heavy atom. The van der Waals surface area contributed by atoms with Crippen molar-refractivity contribution in [1.29, 1.82) is 0 Å². The highest BCUT2D eigenvalue weighted by molar-refractivity contribution is 7.99. The first-order valence-electron chi connectivity index (χ1n) is 9.85. The molecule has 0 unspecified atom stereocenters. The molecular formula is C23H28ClFN2O2S. The molecule has 1 atom stereocenters. The number of hydrogen-bond donors (Lipinski definition) is 1. The minimum absolute atomic E-state index is 0.0204. The monoisotopic (exact) mass is 450 g/mol. The molecule has 0 aliphatic carbocycles. The van der Waals surface area contributed by atoms with E-state index in [1.807, 2.05) is 45.0 Å². The van der Waals surface area contributed by atoms with Crippen LogP contribution in [-0.2, 0) is 21.9 Å². The summed E-state index contributed by atoms with van der Waals surface area (Å²) in [4.78, 5) is 27.2. The number of benzene rings is 2. The Labute approximate surface area is 187 Å². The van der Waals surface area contributed by atoms with Gasteiger partial charge in [0.15, 0.2) is 0 Å². The van der Waals surface area contributed by atoms with Gasteiger partial charge in [0.05, 0.1) is 5.75 Å². The van der Waals surface area contributed by atoms with Gasteiger partial charge < -0.3 is 10.2 Å². The van der Waals surface area contributed by atoms with Crippen LogP contribution in [0.25, 0.3) is 0 Å². The molecule has 0 aliphatic heterocycles. The summed E-state index contributed by atoms with van der Waals surface area (Å²) in [6.07, 6.45) is 0. The predicted octanol–water partition coefficient (Wildman–Crippen LogP) is 4.96. The van der Waals surface area contributed by atoms with Crippen molar-refractivity contribution in [3.05, 3.63) is 70.0 Å². The normalized spacial score (nSPS) is 12.0. The van der Waals surface area contributed by atoms with E-state index in [0.717, 1.165) is 11.1 Å². The van der Waals surface area contributed by atoms with Gasteiger partial charge in [-0.1, -0.05) is 41.9 Å². The van der Waals surface area contributed by atoms with Crippen LogP contribution in [0.15, 0.2) is 42.5 Å². The van der Waals surface area contributed by atoms with Gasteiger partial charge in [0.25, 0.3) is 0 Å². The first kappa shape index (κ1) is 24.2. The third-order valence-corrected chi connectivity index (χ3v) is 6.03. The number of carbonyl (C=O) groups excluding carboxylic acids is 2. The van der Waals surface area contributed by atoms with Crippen molar-refractivity contribution in [3.63, 3.8) is 0 Å². The van der Waals surface area contributed by atoms with Crippen molar-refractivity contribution in [3.8, 4) is 0 Å². The molecule has 30 heavy (non-hydrogen) atoms. The van der Waals surface area contributed by atoms with Crippen LogP contribution in [0.1, 0.15) is 37.5 Å². The molecule has 2 rings (SSSR count). The largest absolute Gasteiger partial charge is 0.352 e. The Bertz CT molecular complexity index is 871. The van der Waals surface area contributed by atoms with Gasteiger partial charge in [-0.15, -0.1) is 11.8 Å². The minimum atomic E-state index is -0.628. The van der Waals surface area contributed by atoms with E-state index in [1.54, 1.807) is 24.0 Å². The minimum Gasteiger partial charge on any atom is -0.352 e. The zero-order chi connectivity index (χ0) is 22.3. The number of hydrogen-bond acceptors (Lipinski definition) is 3. The molecule has 1 N–H and O–H groups in total. The molecule has 0 saturated heterocycles. The van der Waals surface area contributed by atoms with Gasteiger partial charge in [0.2, 0.25) is 11.8 Å².